The zero-order chi connectivity index (χ0) is 11.1. The van der Waals surface area contributed by atoms with Crippen molar-refractivity contribution in [2.45, 2.75) is 59.6 Å². The van der Waals surface area contributed by atoms with Crippen LogP contribution in [-0.4, -0.2) is 23.8 Å². The van der Waals surface area contributed by atoms with Gasteiger partial charge in [-0.1, -0.05) is 27.7 Å². The number of aliphatic hydroxyl groups excluding tert-OH is 1. The molecule has 0 saturated carbocycles. The third-order valence-electron chi connectivity index (χ3n) is 2.21. The smallest absolute Gasteiger partial charge is 0.0636 e. The number of rotatable bonds is 7. The summed E-state index contributed by atoms with van der Waals surface area (Å²) in [6.45, 7) is 11.5. The molecule has 2 nitrogen and oxygen atoms in total. The third kappa shape index (κ3) is 8.52. The Balaban J connectivity index is 3.84. The van der Waals surface area contributed by atoms with Crippen LogP contribution in [0.25, 0.3) is 0 Å². The Bertz CT molecular complexity index is 122. The summed E-state index contributed by atoms with van der Waals surface area (Å²) >= 11 is 0. The molecule has 2 heteroatoms. The zero-order valence-electron chi connectivity index (χ0n) is 10.4. The van der Waals surface area contributed by atoms with Crippen molar-refractivity contribution in [3.8, 4) is 0 Å². The number of nitrogens with one attached hydrogen (secondary N) is 1. The molecule has 0 aliphatic carbocycles. The maximum absolute atomic E-state index is 9.21. The summed E-state index contributed by atoms with van der Waals surface area (Å²) in [6.07, 6.45) is 2.16. The Morgan fingerprint density at radius 1 is 0.929 bits per heavy atom. The molecular formula is C12H27NO. The van der Waals surface area contributed by atoms with E-state index in [0.717, 1.165) is 11.8 Å². The molecule has 0 aliphatic heterocycles. The largest absolute Gasteiger partial charge is 0.392 e. The van der Waals surface area contributed by atoms with E-state index in [4.69, 9.17) is 0 Å². The van der Waals surface area contributed by atoms with E-state index < -0.39 is 0 Å². The van der Waals surface area contributed by atoms with E-state index in [9.17, 15) is 5.11 Å². The first-order valence-electron chi connectivity index (χ1n) is 5.83. The molecule has 86 valence electrons. The lowest BCUT2D eigenvalue weighted by Gasteiger charge is -2.23. The molecule has 2 N–H and O–H groups in total. The molecule has 14 heavy (non-hydrogen) atoms. The first kappa shape index (κ1) is 13.9. The summed E-state index contributed by atoms with van der Waals surface area (Å²) in [5.74, 6) is 1.44. The second kappa shape index (κ2) is 7.24. The van der Waals surface area contributed by atoms with E-state index >= 15 is 0 Å². The highest BCUT2D eigenvalue weighted by Crippen LogP contribution is 2.13. The van der Waals surface area contributed by atoms with Gasteiger partial charge in [0.1, 0.15) is 0 Å². The highest BCUT2D eigenvalue weighted by molar-refractivity contribution is 4.71. The van der Waals surface area contributed by atoms with E-state index in [2.05, 4.69) is 33.0 Å². The molecule has 0 radical (unpaired) electrons. The van der Waals surface area contributed by atoms with Crippen LogP contribution in [0.15, 0.2) is 0 Å². The molecule has 0 amide bonds. The molecule has 0 spiro atoms. The molecule has 0 unspecified atom stereocenters. The highest BCUT2D eigenvalue weighted by atomic mass is 16.3. The van der Waals surface area contributed by atoms with Gasteiger partial charge in [0, 0.05) is 12.6 Å². The Morgan fingerprint density at radius 3 is 1.64 bits per heavy atom. The summed E-state index contributed by atoms with van der Waals surface area (Å²) in [4.78, 5) is 0. The van der Waals surface area contributed by atoms with Crippen molar-refractivity contribution >= 4 is 0 Å². The van der Waals surface area contributed by atoms with Gasteiger partial charge in [0.05, 0.1) is 6.10 Å². The highest BCUT2D eigenvalue weighted by Gasteiger charge is 2.12. The van der Waals surface area contributed by atoms with Gasteiger partial charge in [0.15, 0.2) is 0 Å². The van der Waals surface area contributed by atoms with Crippen molar-refractivity contribution in [2.24, 2.45) is 11.8 Å². The molecule has 0 aromatic heterocycles. The second-order valence-corrected chi connectivity index (χ2v) is 5.21. The number of aliphatic hydroxyl groups is 1. The van der Waals surface area contributed by atoms with Crippen LogP contribution >= 0.6 is 0 Å². The summed E-state index contributed by atoms with van der Waals surface area (Å²) < 4.78 is 0. The first-order valence-corrected chi connectivity index (χ1v) is 5.83. The lowest BCUT2D eigenvalue weighted by molar-refractivity contribution is 0.180. The van der Waals surface area contributed by atoms with E-state index in [0.29, 0.717) is 12.6 Å². The third-order valence-corrected chi connectivity index (χ3v) is 2.21. The molecular weight excluding hydrogens is 174 g/mol. The van der Waals surface area contributed by atoms with Gasteiger partial charge < -0.3 is 10.4 Å². The van der Waals surface area contributed by atoms with Crippen LogP contribution in [0.2, 0.25) is 0 Å². The summed E-state index contributed by atoms with van der Waals surface area (Å²) in [5, 5.41) is 12.6. The van der Waals surface area contributed by atoms with E-state index in [-0.39, 0.29) is 6.10 Å². The molecule has 0 bridgehead atoms. The molecule has 0 fully saturated rings. The van der Waals surface area contributed by atoms with Crippen LogP contribution < -0.4 is 5.32 Å². The van der Waals surface area contributed by atoms with E-state index in [1.54, 1.807) is 0 Å². The summed E-state index contributed by atoms with van der Waals surface area (Å²) in [7, 11) is 0. The van der Waals surface area contributed by atoms with Crippen LogP contribution in [-0.2, 0) is 0 Å². The van der Waals surface area contributed by atoms with Crippen molar-refractivity contribution in [3.05, 3.63) is 0 Å². The molecule has 0 aromatic rings. The van der Waals surface area contributed by atoms with Crippen molar-refractivity contribution < 1.29 is 5.11 Å². The number of hydrogen-bond acceptors (Lipinski definition) is 2. The fourth-order valence-corrected chi connectivity index (χ4v) is 1.74. The fourth-order valence-electron chi connectivity index (χ4n) is 1.74. The Kier molecular flexibility index (Phi) is 7.20. The Labute approximate surface area is 89.1 Å². The quantitative estimate of drug-likeness (QED) is 0.663. The topological polar surface area (TPSA) is 32.3 Å². The van der Waals surface area contributed by atoms with E-state index in [1.807, 2.05) is 6.92 Å². The van der Waals surface area contributed by atoms with Gasteiger partial charge >= 0.3 is 0 Å². The Hall–Kier alpha value is -0.0800. The van der Waals surface area contributed by atoms with Gasteiger partial charge in [-0.25, -0.2) is 0 Å². The second-order valence-electron chi connectivity index (χ2n) is 5.21. The average Bonchev–Trinajstić information content (AvgIpc) is 1.97. The minimum Gasteiger partial charge on any atom is -0.392 e. The average molecular weight is 201 g/mol. The first-order chi connectivity index (χ1) is 6.41. The summed E-state index contributed by atoms with van der Waals surface area (Å²) in [5.41, 5.74) is 0. The van der Waals surface area contributed by atoms with Crippen LogP contribution in [0.1, 0.15) is 47.5 Å². The zero-order valence-corrected chi connectivity index (χ0v) is 10.4. The van der Waals surface area contributed by atoms with Gasteiger partial charge in [-0.2, -0.15) is 0 Å². The molecule has 0 aliphatic rings. The lowest BCUT2D eigenvalue weighted by atomic mass is 9.95. The van der Waals surface area contributed by atoms with E-state index in [1.165, 1.54) is 12.8 Å². The Morgan fingerprint density at radius 2 is 1.36 bits per heavy atom. The fraction of sp³-hybridized carbons (Fsp3) is 1.00. The maximum Gasteiger partial charge on any atom is 0.0636 e. The van der Waals surface area contributed by atoms with Gasteiger partial charge in [-0.15, -0.1) is 0 Å². The predicted molar refractivity (Wildman–Crippen MR) is 62.4 cm³/mol. The van der Waals surface area contributed by atoms with Crippen LogP contribution in [0.4, 0.5) is 0 Å². The minimum atomic E-state index is -0.239. The van der Waals surface area contributed by atoms with Gasteiger partial charge in [0.2, 0.25) is 0 Å². The van der Waals surface area contributed by atoms with Gasteiger partial charge in [-0.3, -0.25) is 0 Å². The minimum absolute atomic E-state index is 0.239. The lowest BCUT2D eigenvalue weighted by Crippen LogP contribution is -2.36. The van der Waals surface area contributed by atoms with Gasteiger partial charge in [-0.05, 0) is 31.6 Å². The van der Waals surface area contributed by atoms with Crippen LogP contribution in [0.3, 0.4) is 0 Å². The summed E-state index contributed by atoms with van der Waals surface area (Å²) in [6, 6.07) is 0.560. The molecule has 0 aromatic carbocycles. The standard InChI is InChI=1S/C12H27NO/c1-9(2)6-12(7-10(3)4)13-8-11(5)14/h9-14H,6-8H2,1-5H3/t11-/m0/s1. The van der Waals surface area contributed by atoms with Crippen LogP contribution in [0.5, 0.6) is 0 Å². The molecule has 1 atom stereocenters. The van der Waals surface area contributed by atoms with Crippen molar-refractivity contribution in [2.75, 3.05) is 6.54 Å². The van der Waals surface area contributed by atoms with Gasteiger partial charge in [0.25, 0.3) is 0 Å². The normalized spacial score (nSPS) is 14.4. The predicted octanol–water partition coefficient (Wildman–Crippen LogP) is 2.42. The maximum atomic E-state index is 9.21. The SMILES string of the molecule is CC(C)CC(CC(C)C)NC[C@H](C)O. The molecule has 0 rings (SSSR count). The molecule has 0 saturated heterocycles. The van der Waals surface area contributed by atoms with Crippen molar-refractivity contribution in [1.29, 1.82) is 0 Å². The van der Waals surface area contributed by atoms with Crippen LogP contribution in [0, 0.1) is 11.8 Å². The number of hydrogen-bond donors (Lipinski definition) is 2. The van der Waals surface area contributed by atoms with Crippen molar-refractivity contribution in [3.63, 3.8) is 0 Å². The molecule has 0 heterocycles. The van der Waals surface area contributed by atoms with Crippen molar-refractivity contribution in [1.82, 2.24) is 5.32 Å². The monoisotopic (exact) mass is 201 g/mol.